The zero-order chi connectivity index (χ0) is 20.9. The number of pyridine rings is 2. The van der Waals surface area contributed by atoms with Crippen molar-refractivity contribution in [2.75, 3.05) is 18.4 Å². The quantitative estimate of drug-likeness (QED) is 0.659. The number of aryl methyl sites for hydroxylation is 2. The van der Waals surface area contributed by atoms with Gasteiger partial charge in [-0.15, -0.1) is 0 Å². The van der Waals surface area contributed by atoms with Gasteiger partial charge in [0.1, 0.15) is 11.6 Å². The first-order valence-corrected chi connectivity index (χ1v) is 10.2. The highest BCUT2D eigenvalue weighted by atomic mass is 16.2. The molecule has 1 aliphatic heterocycles. The number of carbonyl (C=O) groups excluding carboxylic acids is 1. The Kier molecular flexibility index (Phi) is 5.88. The van der Waals surface area contributed by atoms with Gasteiger partial charge in [0.2, 0.25) is 5.91 Å². The number of nitrogens with one attached hydrogen (secondary N) is 1. The Morgan fingerprint density at radius 3 is 2.97 bits per heavy atom. The summed E-state index contributed by atoms with van der Waals surface area (Å²) in [6.45, 7) is 3.46. The number of likely N-dealkylation sites (tertiary alicyclic amines) is 1. The summed E-state index contributed by atoms with van der Waals surface area (Å²) in [7, 11) is 1.86. The summed E-state index contributed by atoms with van der Waals surface area (Å²) in [6, 6.07) is 9.97. The van der Waals surface area contributed by atoms with Crippen molar-refractivity contribution in [1.82, 2.24) is 24.6 Å². The highest BCUT2D eigenvalue weighted by Crippen LogP contribution is 2.28. The average Bonchev–Trinajstić information content (AvgIpc) is 3.17. The van der Waals surface area contributed by atoms with E-state index in [4.69, 9.17) is 0 Å². The van der Waals surface area contributed by atoms with Gasteiger partial charge < -0.3 is 10.2 Å². The molecule has 0 unspecified atom stereocenters. The fourth-order valence-corrected chi connectivity index (χ4v) is 3.76. The second-order valence-electron chi connectivity index (χ2n) is 7.67. The lowest BCUT2D eigenvalue weighted by molar-refractivity contribution is -0.127. The Morgan fingerprint density at radius 2 is 2.17 bits per heavy atom. The van der Waals surface area contributed by atoms with Crippen molar-refractivity contribution in [3.05, 3.63) is 71.8 Å². The number of nitrogens with zero attached hydrogens (tertiary/aromatic N) is 5. The molecule has 0 spiro atoms. The average molecular weight is 403 g/mol. The smallest absolute Gasteiger partial charge is 0.246 e. The van der Waals surface area contributed by atoms with E-state index >= 15 is 0 Å². The summed E-state index contributed by atoms with van der Waals surface area (Å²) in [6.07, 6.45) is 11.0. The normalized spacial score (nSPS) is 16.7. The van der Waals surface area contributed by atoms with Gasteiger partial charge >= 0.3 is 0 Å². The lowest BCUT2D eigenvalue weighted by Gasteiger charge is -2.32. The molecule has 7 nitrogen and oxygen atoms in total. The van der Waals surface area contributed by atoms with E-state index < -0.39 is 0 Å². The first kappa shape index (κ1) is 19.8. The molecular formula is C23H26N6O. The Balaban J connectivity index is 1.42. The number of rotatable bonds is 5. The van der Waals surface area contributed by atoms with Gasteiger partial charge in [0.05, 0.1) is 6.20 Å². The SMILES string of the molecule is Cc1cccc(Nc2cc([C@H]3CCCN(C(=O)/C=C/c4cnn(C)c4)C3)ccn2)n1. The molecule has 4 heterocycles. The van der Waals surface area contributed by atoms with Crippen LogP contribution in [-0.2, 0) is 11.8 Å². The van der Waals surface area contributed by atoms with Crippen molar-refractivity contribution in [2.45, 2.75) is 25.7 Å². The summed E-state index contributed by atoms with van der Waals surface area (Å²) in [5.41, 5.74) is 3.07. The Morgan fingerprint density at radius 1 is 1.27 bits per heavy atom. The lowest BCUT2D eigenvalue weighted by Crippen LogP contribution is -2.38. The van der Waals surface area contributed by atoms with E-state index in [1.165, 1.54) is 5.56 Å². The Hall–Kier alpha value is -3.48. The van der Waals surface area contributed by atoms with Crippen LogP contribution in [0.2, 0.25) is 0 Å². The third-order valence-electron chi connectivity index (χ3n) is 5.28. The monoisotopic (exact) mass is 402 g/mol. The topological polar surface area (TPSA) is 75.9 Å². The second kappa shape index (κ2) is 8.90. The first-order chi connectivity index (χ1) is 14.6. The molecule has 0 aliphatic carbocycles. The van der Waals surface area contributed by atoms with Crippen LogP contribution in [0.1, 0.15) is 35.6 Å². The predicted octanol–water partition coefficient (Wildman–Crippen LogP) is 3.68. The molecule has 3 aromatic heterocycles. The van der Waals surface area contributed by atoms with Crippen molar-refractivity contribution in [3.63, 3.8) is 0 Å². The van der Waals surface area contributed by atoms with Crippen molar-refractivity contribution in [1.29, 1.82) is 0 Å². The fourth-order valence-electron chi connectivity index (χ4n) is 3.76. The van der Waals surface area contributed by atoms with Crippen LogP contribution < -0.4 is 5.32 Å². The van der Waals surface area contributed by atoms with E-state index in [-0.39, 0.29) is 5.91 Å². The summed E-state index contributed by atoms with van der Waals surface area (Å²) < 4.78 is 1.72. The standard InChI is InChI=1S/C23H26N6O/c1-17-5-3-7-21(26-17)27-22-13-19(10-11-24-22)20-6-4-12-29(16-20)23(30)9-8-18-14-25-28(2)15-18/h3,5,7-11,13-15,20H,4,6,12,16H2,1-2H3,(H,24,26,27)/b9-8+/t20-/m0/s1. The third kappa shape index (κ3) is 4.92. The Labute approximate surface area is 176 Å². The maximum absolute atomic E-state index is 12.7. The second-order valence-corrected chi connectivity index (χ2v) is 7.67. The summed E-state index contributed by atoms with van der Waals surface area (Å²) in [5.74, 6) is 1.88. The number of amides is 1. The summed E-state index contributed by atoms with van der Waals surface area (Å²) >= 11 is 0. The first-order valence-electron chi connectivity index (χ1n) is 10.2. The molecule has 4 rings (SSSR count). The maximum atomic E-state index is 12.7. The van der Waals surface area contributed by atoms with Crippen LogP contribution in [0, 0.1) is 6.92 Å². The van der Waals surface area contributed by atoms with Crippen LogP contribution >= 0.6 is 0 Å². The maximum Gasteiger partial charge on any atom is 0.246 e. The number of hydrogen-bond acceptors (Lipinski definition) is 5. The molecule has 0 radical (unpaired) electrons. The van der Waals surface area contributed by atoms with Gasteiger partial charge in [0.15, 0.2) is 0 Å². The van der Waals surface area contributed by atoms with Crippen LogP contribution in [0.15, 0.2) is 55.0 Å². The Bertz CT molecular complexity index is 1060. The van der Waals surface area contributed by atoms with E-state index in [0.717, 1.165) is 42.3 Å². The largest absolute Gasteiger partial charge is 0.339 e. The fraction of sp³-hybridized carbons (Fsp3) is 0.304. The van der Waals surface area contributed by atoms with Gasteiger partial charge in [-0.3, -0.25) is 9.48 Å². The minimum absolute atomic E-state index is 0.0416. The number of aromatic nitrogens is 4. The van der Waals surface area contributed by atoms with E-state index in [1.807, 2.05) is 61.6 Å². The molecule has 1 saturated heterocycles. The lowest BCUT2D eigenvalue weighted by atomic mass is 9.91. The van der Waals surface area contributed by atoms with Crippen molar-refractivity contribution >= 4 is 23.6 Å². The zero-order valence-corrected chi connectivity index (χ0v) is 17.3. The number of piperidine rings is 1. The van der Waals surface area contributed by atoms with Crippen LogP contribution in [0.5, 0.6) is 0 Å². The van der Waals surface area contributed by atoms with E-state index in [1.54, 1.807) is 17.0 Å². The van der Waals surface area contributed by atoms with Crippen LogP contribution in [0.4, 0.5) is 11.6 Å². The summed E-state index contributed by atoms with van der Waals surface area (Å²) in [5, 5.41) is 7.40. The minimum Gasteiger partial charge on any atom is -0.339 e. The molecule has 1 fully saturated rings. The molecular weight excluding hydrogens is 376 g/mol. The molecule has 0 bridgehead atoms. The minimum atomic E-state index is 0.0416. The van der Waals surface area contributed by atoms with Gasteiger partial charge in [-0.25, -0.2) is 9.97 Å². The van der Waals surface area contributed by atoms with E-state index in [9.17, 15) is 4.79 Å². The number of hydrogen-bond donors (Lipinski definition) is 1. The van der Waals surface area contributed by atoms with Crippen LogP contribution in [0.3, 0.4) is 0 Å². The molecule has 1 N–H and O–H groups in total. The number of anilines is 2. The molecule has 0 saturated carbocycles. The predicted molar refractivity (Wildman–Crippen MR) is 117 cm³/mol. The van der Waals surface area contributed by atoms with E-state index in [2.05, 4.69) is 26.4 Å². The molecule has 7 heteroatoms. The zero-order valence-electron chi connectivity index (χ0n) is 17.3. The van der Waals surface area contributed by atoms with Crippen LogP contribution in [-0.4, -0.2) is 43.6 Å². The highest BCUT2D eigenvalue weighted by molar-refractivity contribution is 5.91. The molecule has 0 aromatic carbocycles. The van der Waals surface area contributed by atoms with Crippen molar-refractivity contribution in [2.24, 2.45) is 7.05 Å². The molecule has 3 aromatic rings. The van der Waals surface area contributed by atoms with Gasteiger partial charge in [-0.05, 0) is 55.7 Å². The molecule has 1 amide bonds. The number of carbonyl (C=O) groups is 1. The van der Waals surface area contributed by atoms with Gasteiger partial charge in [-0.2, -0.15) is 5.10 Å². The van der Waals surface area contributed by atoms with Crippen molar-refractivity contribution in [3.8, 4) is 0 Å². The van der Waals surface area contributed by atoms with E-state index in [0.29, 0.717) is 12.5 Å². The van der Waals surface area contributed by atoms with Crippen molar-refractivity contribution < 1.29 is 4.79 Å². The van der Waals surface area contributed by atoms with Crippen LogP contribution in [0.25, 0.3) is 6.08 Å². The molecule has 30 heavy (non-hydrogen) atoms. The van der Waals surface area contributed by atoms with Gasteiger partial charge in [0, 0.05) is 55.8 Å². The molecule has 154 valence electrons. The van der Waals surface area contributed by atoms with Gasteiger partial charge in [-0.1, -0.05) is 6.07 Å². The highest BCUT2D eigenvalue weighted by Gasteiger charge is 2.24. The summed E-state index contributed by atoms with van der Waals surface area (Å²) in [4.78, 5) is 23.5. The van der Waals surface area contributed by atoms with Gasteiger partial charge in [0.25, 0.3) is 0 Å². The molecule has 1 aliphatic rings. The third-order valence-corrected chi connectivity index (χ3v) is 5.28. The molecule has 1 atom stereocenters.